The summed E-state index contributed by atoms with van der Waals surface area (Å²) in [7, 11) is 1.38. The average Bonchev–Trinajstić information content (AvgIpc) is 2.96. The lowest BCUT2D eigenvalue weighted by molar-refractivity contribution is -0.139. The zero-order valence-corrected chi connectivity index (χ0v) is 12.4. The predicted molar refractivity (Wildman–Crippen MR) is 76.8 cm³/mol. The number of amides is 1. The lowest BCUT2D eigenvalue weighted by atomic mass is 9.97. The zero-order valence-electron chi connectivity index (χ0n) is 12.4. The number of hydrogen-bond acceptors (Lipinski definition) is 5. The lowest BCUT2D eigenvalue weighted by Crippen LogP contribution is -2.34. The van der Waals surface area contributed by atoms with E-state index in [1.807, 2.05) is 19.9 Å². The molecule has 2 aromatic rings. The molecule has 22 heavy (non-hydrogen) atoms. The molecule has 0 aliphatic heterocycles. The fourth-order valence-corrected chi connectivity index (χ4v) is 2.02. The quantitative estimate of drug-likeness (QED) is 0.874. The number of rotatable bonds is 5. The number of carboxylic acid groups (broad SMARTS) is 1. The summed E-state index contributed by atoms with van der Waals surface area (Å²) >= 11 is 0. The molecule has 0 aliphatic rings. The second-order valence-electron chi connectivity index (χ2n) is 4.77. The summed E-state index contributed by atoms with van der Waals surface area (Å²) in [5, 5.41) is 15.3. The molecule has 0 fully saturated rings. The van der Waals surface area contributed by atoms with Crippen LogP contribution in [0.3, 0.4) is 0 Å². The Kier molecular flexibility index (Phi) is 4.45. The van der Waals surface area contributed by atoms with E-state index in [1.165, 1.54) is 13.2 Å². The largest absolute Gasteiger partial charge is 0.479 e. The van der Waals surface area contributed by atoms with Crippen LogP contribution in [0.5, 0.6) is 5.88 Å². The fraction of sp³-hybridized carbons (Fsp3) is 0.267. The maximum atomic E-state index is 12.1. The first-order chi connectivity index (χ1) is 10.4. The Hall–Kier alpha value is -2.83. The summed E-state index contributed by atoms with van der Waals surface area (Å²) in [5.41, 5.74) is 2.28. The van der Waals surface area contributed by atoms with Crippen molar-refractivity contribution >= 4 is 11.9 Å². The number of aryl methyl sites for hydroxylation is 1. The molecule has 1 aromatic heterocycles. The Morgan fingerprint density at radius 3 is 2.68 bits per heavy atom. The number of benzene rings is 1. The number of nitrogens with one attached hydrogen (secondary N) is 1. The summed E-state index contributed by atoms with van der Waals surface area (Å²) in [5.74, 6) is -1.81. The van der Waals surface area contributed by atoms with Crippen LogP contribution in [-0.2, 0) is 4.79 Å². The first-order valence-corrected chi connectivity index (χ1v) is 6.54. The molecule has 0 spiro atoms. The van der Waals surface area contributed by atoms with Crippen molar-refractivity contribution in [2.45, 2.75) is 19.9 Å². The first-order valence-electron chi connectivity index (χ1n) is 6.54. The number of hydrogen-bond donors (Lipinski definition) is 2. The number of carboxylic acids is 1. The van der Waals surface area contributed by atoms with Crippen molar-refractivity contribution in [3.05, 3.63) is 46.7 Å². The van der Waals surface area contributed by atoms with Gasteiger partial charge in [0, 0.05) is 0 Å². The van der Waals surface area contributed by atoms with Gasteiger partial charge in [-0.15, -0.1) is 0 Å². The van der Waals surface area contributed by atoms with E-state index in [9.17, 15) is 14.7 Å². The minimum absolute atomic E-state index is 0.117. The van der Waals surface area contributed by atoms with Gasteiger partial charge in [0.25, 0.3) is 11.8 Å². The third-order valence-corrected chi connectivity index (χ3v) is 3.40. The SMILES string of the molecule is COc1cc(C(=O)NC(C(=O)O)c2cccc(C)c2C)on1. The van der Waals surface area contributed by atoms with Crippen LogP contribution >= 0.6 is 0 Å². The van der Waals surface area contributed by atoms with E-state index in [0.29, 0.717) is 5.56 Å². The van der Waals surface area contributed by atoms with Crippen molar-refractivity contribution in [3.63, 3.8) is 0 Å². The molecule has 2 N–H and O–H groups in total. The van der Waals surface area contributed by atoms with E-state index in [0.717, 1.165) is 11.1 Å². The summed E-state index contributed by atoms with van der Waals surface area (Å²) in [6.07, 6.45) is 0. The van der Waals surface area contributed by atoms with Crippen LogP contribution in [-0.4, -0.2) is 29.2 Å². The Bertz CT molecular complexity index is 708. The molecule has 0 radical (unpaired) electrons. The van der Waals surface area contributed by atoms with Gasteiger partial charge in [-0.2, -0.15) is 0 Å². The minimum Gasteiger partial charge on any atom is -0.479 e. The second-order valence-corrected chi connectivity index (χ2v) is 4.77. The number of carbonyl (C=O) groups excluding carboxylic acids is 1. The van der Waals surface area contributed by atoms with Crippen molar-refractivity contribution in [1.82, 2.24) is 10.5 Å². The van der Waals surface area contributed by atoms with Crippen molar-refractivity contribution in [2.24, 2.45) is 0 Å². The van der Waals surface area contributed by atoms with Gasteiger partial charge < -0.3 is 19.7 Å². The molecule has 1 heterocycles. The van der Waals surface area contributed by atoms with E-state index in [2.05, 4.69) is 10.5 Å². The van der Waals surface area contributed by atoms with Gasteiger partial charge in [-0.3, -0.25) is 4.79 Å². The van der Waals surface area contributed by atoms with Crippen LogP contribution in [0.2, 0.25) is 0 Å². The number of methoxy groups -OCH3 is 1. The molecule has 7 heteroatoms. The maximum Gasteiger partial charge on any atom is 0.330 e. The third kappa shape index (κ3) is 3.08. The summed E-state index contributed by atoms with van der Waals surface area (Å²) in [4.78, 5) is 23.6. The monoisotopic (exact) mass is 304 g/mol. The molecule has 0 aliphatic carbocycles. The number of carbonyl (C=O) groups is 2. The van der Waals surface area contributed by atoms with Crippen LogP contribution in [0.4, 0.5) is 0 Å². The van der Waals surface area contributed by atoms with Crippen LogP contribution in [0.15, 0.2) is 28.8 Å². The molecule has 1 atom stereocenters. The molecular formula is C15H16N2O5. The van der Waals surface area contributed by atoms with Gasteiger partial charge in [-0.1, -0.05) is 18.2 Å². The molecule has 0 saturated carbocycles. The topological polar surface area (TPSA) is 102 Å². The minimum atomic E-state index is -1.18. The van der Waals surface area contributed by atoms with E-state index < -0.39 is 17.9 Å². The van der Waals surface area contributed by atoms with Crippen LogP contribution in [0.1, 0.15) is 33.3 Å². The molecule has 0 saturated heterocycles. The standard InChI is InChI=1S/C15H16N2O5/c1-8-5-4-6-10(9(8)2)13(15(19)20)16-14(18)11-7-12(21-3)17-22-11/h4-7,13H,1-3H3,(H,16,18)(H,19,20). The highest BCUT2D eigenvalue weighted by Gasteiger charge is 2.26. The van der Waals surface area contributed by atoms with Crippen molar-refractivity contribution < 1.29 is 24.0 Å². The van der Waals surface area contributed by atoms with E-state index in [1.54, 1.807) is 12.1 Å². The van der Waals surface area contributed by atoms with Crippen molar-refractivity contribution in [2.75, 3.05) is 7.11 Å². The number of aliphatic carboxylic acids is 1. The summed E-state index contributed by atoms with van der Waals surface area (Å²) in [6.45, 7) is 3.69. The average molecular weight is 304 g/mol. The maximum absolute atomic E-state index is 12.1. The van der Waals surface area contributed by atoms with Gasteiger partial charge in [0.05, 0.1) is 13.2 Å². The van der Waals surface area contributed by atoms with E-state index >= 15 is 0 Å². The first kappa shape index (κ1) is 15.6. The third-order valence-electron chi connectivity index (χ3n) is 3.40. The number of aromatic nitrogens is 1. The van der Waals surface area contributed by atoms with Crippen LogP contribution in [0.25, 0.3) is 0 Å². The molecule has 7 nitrogen and oxygen atoms in total. The molecule has 1 aromatic carbocycles. The number of ether oxygens (including phenoxy) is 1. The highest BCUT2D eigenvalue weighted by Crippen LogP contribution is 2.21. The molecule has 0 bridgehead atoms. The van der Waals surface area contributed by atoms with Crippen molar-refractivity contribution in [3.8, 4) is 5.88 Å². The Morgan fingerprint density at radius 2 is 2.09 bits per heavy atom. The summed E-state index contributed by atoms with van der Waals surface area (Å²) in [6, 6.07) is 5.40. The van der Waals surface area contributed by atoms with Gasteiger partial charge in [0.15, 0.2) is 6.04 Å². The summed E-state index contributed by atoms with van der Waals surface area (Å²) < 4.78 is 9.62. The Labute approximate surface area is 126 Å². The van der Waals surface area contributed by atoms with Gasteiger partial charge >= 0.3 is 5.97 Å². The molecule has 1 amide bonds. The highest BCUT2D eigenvalue weighted by molar-refractivity contribution is 5.94. The van der Waals surface area contributed by atoms with Crippen molar-refractivity contribution in [1.29, 1.82) is 0 Å². The Balaban J connectivity index is 2.27. The molecule has 116 valence electrons. The molecule has 2 rings (SSSR count). The van der Waals surface area contributed by atoms with Crippen LogP contribution in [0, 0.1) is 13.8 Å². The molecule has 1 unspecified atom stereocenters. The lowest BCUT2D eigenvalue weighted by Gasteiger charge is -2.17. The predicted octanol–water partition coefficient (Wildman–Crippen LogP) is 1.86. The smallest absolute Gasteiger partial charge is 0.330 e. The second kappa shape index (κ2) is 6.30. The van der Waals surface area contributed by atoms with Gasteiger partial charge in [0.1, 0.15) is 0 Å². The van der Waals surface area contributed by atoms with Gasteiger partial charge in [-0.25, -0.2) is 4.79 Å². The zero-order chi connectivity index (χ0) is 16.3. The fourth-order valence-electron chi connectivity index (χ4n) is 2.02. The Morgan fingerprint density at radius 1 is 1.36 bits per heavy atom. The normalized spacial score (nSPS) is 11.8. The van der Waals surface area contributed by atoms with E-state index in [-0.39, 0.29) is 11.6 Å². The highest BCUT2D eigenvalue weighted by atomic mass is 16.5. The number of nitrogens with zero attached hydrogens (tertiary/aromatic N) is 1. The van der Waals surface area contributed by atoms with Gasteiger partial charge in [-0.05, 0) is 35.7 Å². The van der Waals surface area contributed by atoms with E-state index in [4.69, 9.17) is 9.26 Å². The van der Waals surface area contributed by atoms with Gasteiger partial charge in [0.2, 0.25) is 5.76 Å². The van der Waals surface area contributed by atoms with Crippen LogP contribution < -0.4 is 10.1 Å². The molecular weight excluding hydrogens is 288 g/mol.